The van der Waals surface area contributed by atoms with E-state index in [0.29, 0.717) is 16.3 Å². The van der Waals surface area contributed by atoms with Gasteiger partial charge >= 0.3 is 12.2 Å². The zero-order valence-electron chi connectivity index (χ0n) is 16.8. The summed E-state index contributed by atoms with van der Waals surface area (Å²) in [5.74, 6) is -1.44. The predicted molar refractivity (Wildman–Crippen MR) is 110 cm³/mol. The first-order valence-electron chi connectivity index (χ1n) is 9.47. The van der Waals surface area contributed by atoms with Crippen LogP contribution in [0.3, 0.4) is 0 Å². The van der Waals surface area contributed by atoms with Gasteiger partial charge in [0.1, 0.15) is 12.3 Å². The number of amides is 4. The Morgan fingerprint density at radius 3 is 2.53 bits per heavy atom. The number of imide groups is 1. The number of halogens is 4. The number of alkyl halides is 3. The van der Waals surface area contributed by atoms with Crippen molar-refractivity contribution in [1.82, 2.24) is 10.2 Å². The quantitative estimate of drug-likeness (QED) is 0.714. The van der Waals surface area contributed by atoms with Crippen LogP contribution in [0.2, 0.25) is 5.02 Å². The van der Waals surface area contributed by atoms with Crippen LogP contribution < -0.4 is 15.4 Å². The van der Waals surface area contributed by atoms with Gasteiger partial charge in [-0.2, -0.15) is 13.2 Å². The molecule has 1 aliphatic rings. The van der Waals surface area contributed by atoms with Crippen molar-refractivity contribution in [2.24, 2.45) is 5.92 Å². The average molecular weight is 470 g/mol. The van der Waals surface area contributed by atoms with E-state index in [4.69, 9.17) is 16.3 Å². The molecule has 1 unspecified atom stereocenters. The lowest BCUT2D eigenvalue weighted by Gasteiger charge is -2.22. The number of nitrogens with zero attached hydrogens (tertiary/aromatic N) is 1. The molecule has 1 saturated heterocycles. The minimum absolute atomic E-state index is 0.00259. The van der Waals surface area contributed by atoms with Crippen LogP contribution in [0, 0.1) is 5.92 Å². The highest BCUT2D eigenvalue weighted by atomic mass is 35.5. The van der Waals surface area contributed by atoms with Crippen molar-refractivity contribution in [3.8, 4) is 5.75 Å². The summed E-state index contributed by atoms with van der Waals surface area (Å²) < 4.78 is 43.4. The van der Waals surface area contributed by atoms with Crippen LogP contribution in [0.5, 0.6) is 5.75 Å². The molecule has 1 heterocycles. The summed E-state index contributed by atoms with van der Waals surface area (Å²) in [4.78, 5) is 38.5. The Bertz CT molecular complexity index is 1030. The van der Waals surface area contributed by atoms with Gasteiger partial charge in [0.25, 0.3) is 0 Å². The van der Waals surface area contributed by atoms with Crippen LogP contribution in [-0.2, 0) is 22.2 Å². The Hall–Kier alpha value is -3.27. The molecular weight excluding hydrogens is 451 g/mol. The third-order valence-electron chi connectivity index (χ3n) is 4.88. The Morgan fingerprint density at radius 2 is 1.91 bits per heavy atom. The molecule has 0 aliphatic carbocycles. The predicted octanol–water partition coefficient (Wildman–Crippen LogP) is 3.72. The fourth-order valence-corrected chi connectivity index (χ4v) is 3.45. The van der Waals surface area contributed by atoms with Crippen molar-refractivity contribution >= 4 is 35.1 Å². The smallest absolute Gasteiger partial charge is 0.416 e. The Labute approximate surface area is 186 Å². The summed E-state index contributed by atoms with van der Waals surface area (Å²) in [6.45, 7) is -0.522. The number of rotatable bonds is 4. The van der Waals surface area contributed by atoms with Gasteiger partial charge < -0.3 is 15.4 Å². The fraction of sp³-hybridized carbons (Fsp3) is 0.286. The molecule has 0 spiro atoms. The van der Waals surface area contributed by atoms with Gasteiger partial charge in [-0.25, -0.2) is 4.79 Å². The van der Waals surface area contributed by atoms with Crippen LogP contribution in [0.15, 0.2) is 42.5 Å². The van der Waals surface area contributed by atoms with Gasteiger partial charge in [0.2, 0.25) is 11.8 Å². The number of carbonyl (C=O) groups excluding carboxylic acids is 3. The summed E-state index contributed by atoms with van der Waals surface area (Å²) in [7, 11) is 1.47. The van der Waals surface area contributed by atoms with Gasteiger partial charge in [-0.15, -0.1) is 0 Å². The van der Waals surface area contributed by atoms with E-state index in [1.807, 2.05) is 0 Å². The molecule has 0 radical (unpaired) electrons. The van der Waals surface area contributed by atoms with Crippen molar-refractivity contribution in [1.29, 1.82) is 0 Å². The Balaban J connectivity index is 1.78. The van der Waals surface area contributed by atoms with Crippen molar-refractivity contribution in [3.63, 3.8) is 0 Å². The summed E-state index contributed by atoms with van der Waals surface area (Å²) in [6.07, 6.45) is -4.37. The van der Waals surface area contributed by atoms with E-state index in [1.165, 1.54) is 7.11 Å². The van der Waals surface area contributed by atoms with E-state index in [2.05, 4.69) is 10.6 Å². The lowest BCUT2D eigenvalue weighted by atomic mass is 9.97. The lowest BCUT2D eigenvalue weighted by molar-refractivity contribution is -0.137. The van der Waals surface area contributed by atoms with Crippen molar-refractivity contribution in [3.05, 3.63) is 58.6 Å². The number of carbonyl (C=O) groups is 3. The van der Waals surface area contributed by atoms with E-state index in [-0.39, 0.29) is 18.7 Å². The van der Waals surface area contributed by atoms with Crippen molar-refractivity contribution < 1.29 is 32.3 Å². The number of nitrogens with one attached hydrogen (secondary N) is 2. The molecule has 0 saturated carbocycles. The first-order chi connectivity index (χ1) is 15.1. The molecule has 1 aliphatic heterocycles. The highest BCUT2D eigenvalue weighted by Gasteiger charge is 2.35. The zero-order valence-corrected chi connectivity index (χ0v) is 17.6. The standard InChI is InChI=1S/C21H19ClF3N3O4/c1-32-17-7-4-15(22)9-12(17)8-13-10-26-18(29)11-28(19(13)30)20(31)27-16-5-2-14(3-6-16)21(23,24)25/h2-7,9,13H,8,10-11H2,1H3,(H,26,29)(H,27,31). The highest BCUT2D eigenvalue weighted by Crippen LogP contribution is 2.30. The van der Waals surface area contributed by atoms with Crippen molar-refractivity contribution in [2.75, 3.05) is 25.5 Å². The lowest BCUT2D eigenvalue weighted by Crippen LogP contribution is -2.44. The number of urea groups is 1. The Kier molecular flexibility index (Phi) is 6.93. The molecule has 170 valence electrons. The summed E-state index contributed by atoms with van der Waals surface area (Å²) in [5.41, 5.74) is -0.206. The summed E-state index contributed by atoms with van der Waals surface area (Å²) >= 11 is 6.04. The van der Waals surface area contributed by atoms with E-state index in [1.54, 1.807) is 18.2 Å². The molecule has 1 fully saturated rings. The average Bonchev–Trinajstić information content (AvgIpc) is 2.87. The maximum atomic E-state index is 13.0. The molecule has 7 nitrogen and oxygen atoms in total. The minimum Gasteiger partial charge on any atom is -0.496 e. The third kappa shape index (κ3) is 5.50. The minimum atomic E-state index is -4.52. The van der Waals surface area contributed by atoms with E-state index < -0.39 is 42.0 Å². The molecule has 3 rings (SSSR count). The molecule has 1 atom stereocenters. The topological polar surface area (TPSA) is 87.7 Å². The van der Waals surface area contributed by atoms with Crippen LogP contribution in [0.4, 0.5) is 23.7 Å². The molecule has 4 amide bonds. The molecular formula is C21H19ClF3N3O4. The van der Waals surface area contributed by atoms with Gasteiger partial charge in [-0.3, -0.25) is 14.5 Å². The summed E-state index contributed by atoms with van der Waals surface area (Å²) in [6, 6.07) is 7.73. The number of hydrogen-bond acceptors (Lipinski definition) is 4. The normalized spacial score (nSPS) is 16.9. The largest absolute Gasteiger partial charge is 0.496 e. The zero-order chi connectivity index (χ0) is 23.5. The van der Waals surface area contributed by atoms with Gasteiger partial charge in [-0.05, 0) is 54.4 Å². The van der Waals surface area contributed by atoms with Crippen LogP contribution in [0.25, 0.3) is 0 Å². The first kappa shape index (κ1) is 23.4. The maximum Gasteiger partial charge on any atom is 0.416 e. The van der Waals surface area contributed by atoms with Gasteiger partial charge in [0.05, 0.1) is 18.6 Å². The molecule has 11 heteroatoms. The van der Waals surface area contributed by atoms with Crippen LogP contribution in [-0.4, -0.2) is 42.9 Å². The first-order valence-corrected chi connectivity index (χ1v) is 9.85. The SMILES string of the molecule is COc1ccc(Cl)cc1CC1CNC(=O)CN(C(=O)Nc2ccc(C(F)(F)F)cc2)C1=O. The van der Waals surface area contributed by atoms with Crippen LogP contribution >= 0.6 is 11.6 Å². The molecule has 32 heavy (non-hydrogen) atoms. The number of hydrogen-bond donors (Lipinski definition) is 2. The Morgan fingerprint density at radius 1 is 1.22 bits per heavy atom. The van der Waals surface area contributed by atoms with Gasteiger partial charge in [0, 0.05) is 17.3 Å². The second kappa shape index (κ2) is 9.47. The van der Waals surface area contributed by atoms with E-state index in [9.17, 15) is 27.6 Å². The summed E-state index contributed by atoms with van der Waals surface area (Å²) in [5, 5.41) is 5.38. The van der Waals surface area contributed by atoms with E-state index in [0.717, 1.165) is 29.2 Å². The molecule has 0 bridgehead atoms. The third-order valence-corrected chi connectivity index (χ3v) is 5.12. The molecule has 2 aromatic carbocycles. The van der Waals surface area contributed by atoms with E-state index >= 15 is 0 Å². The fourth-order valence-electron chi connectivity index (χ4n) is 3.26. The van der Waals surface area contributed by atoms with Crippen molar-refractivity contribution in [2.45, 2.75) is 12.6 Å². The highest BCUT2D eigenvalue weighted by molar-refractivity contribution is 6.30. The molecule has 2 aromatic rings. The second-order valence-electron chi connectivity index (χ2n) is 7.09. The van der Waals surface area contributed by atoms with Crippen LogP contribution in [0.1, 0.15) is 11.1 Å². The number of methoxy groups -OCH3 is 1. The second-order valence-corrected chi connectivity index (χ2v) is 7.53. The number of ether oxygens (including phenoxy) is 1. The van der Waals surface area contributed by atoms with Gasteiger partial charge in [-0.1, -0.05) is 11.6 Å². The van der Waals surface area contributed by atoms with Gasteiger partial charge in [0.15, 0.2) is 0 Å². The molecule has 0 aromatic heterocycles. The number of anilines is 1. The monoisotopic (exact) mass is 469 g/mol. The molecule has 2 N–H and O–H groups in total. The number of benzene rings is 2. The maximum absolute atomic E-state index is 13.0.